The van der Waals surface area contributed by atoms with Gasteiger partial charge in [0.05, 0.1) is 6.20 Å². The maximum atomic E-state index is 4.01. The average Bonchev–Trinajstić information content (AvgIpc) is 2.93. The Balaban J connectivity index is 1.95. The van der Waals surface area contributed by atoms with Crippen LogP contribution in [-0.4, -0.2) is 16.2 Å². The van der Waals surface area contributed by atoms with Crippen LogP contribution in [0.5, 0.6) is 0 Å². The highest BCUT2D eigenvalue weighted by Gasteiger charge is 2.24. The first kappa shape index (κ1) is 14.8. The highest BCUT2D eigenvalue weighted by molar-refractivity contribution is 5.23. The number of aromatic amines is 1. The van der Waals surface area contributed by atoms with Crippen LogP contribution in [-0.2, 0) is 5.41 Å². The van der Waals surface area contributed by atoms with Crippen molar-refractivity contribution in [1.82, 2.24) is 15.5 Å². The van der Waals surface area contributed by atoms with Crippen LogP contribution in [0.3, 0.4) is 0 Å². The summed E-state index contributed by atoms with van der Waals surface area (Å²) in [7, 11) is 0. The molecule has 1 aromatic carbocycles. The molecule has 0 aliphatic heterocycles. The summed E-state index contributed by atoms with van der Waals surface area (Å²) in [5.41, 5.74) is 2.77. The van der Waals surface area contributed by atoms with Crippen LogP contribution in [0.4, 0.5) is 0 Å². The molecule has 2 N–H and O–H groups in total. The average molecular weight is 271 g/mol. The fraction of sp³-hybridized carbons (Fsp3) is 0.471. The van der Waals surface area contributed by atoms with Gasteiger partial charge in [0.1, 0.15) is 0 Å². The minimum absolute atomic E-state index is 0.170. The Morgan fingerprint density at radius 3 is 2.50 bits per heavy atom. The maximum Gasteiger partial charge on any atom is 0.0534 e. The lowest BCUT2D eigenvalue weighted by Crippen LogP contribution is -2.34. The zero-order chi connectivity index (χ0) is 14.6. The molecule has 2 aromatic rings. The number of nitrogens with one attached hydrogen (secondary N) is 2. The first-order valence-corrected chi connectivity index (χ1v) is 7.29. The summed E-state index contributed by atoms with van der Waals surface area (Å²) in [6.07, 6.45) is 4.93. The molecule has 0 radical (unpaired) electrons. The second-order valence-electron chi connectivity index (χ2n) is 6.28. The summed E-state index contributed by atoms with van der Waals surface area (Å²) in [5, 5.41) is 10.5. The Bertz CT molecular complexity index is 502. The summed E-state index contributed by atoms with van der Waals surface area (Å²) in [6, 6.07) is 11.5. The van der Waals surface area contributed by atoms with Crippen molar-refractivity contribution in [2.75, 3.05) is 0 Å². The monoisotopic (exact) mass is 271 g/mol. The minimum atomic E-state index is 0.170. The van der Waals surface area contributed by atoms with E-state index in [-0.39, 0.29) is 5.41 Å². The lowest BCUT2D eigenvalue weighted by Gasteiger charge is -2.30. The molecule has 2 atom stereocenters. The normalized spacial score (nSPS) is 15.0. The first-order valence-electron chi connectivity index (χ1n) is 7.29. The fourth-order valence-electron chi connectivity index (χ4n) is 2.85. The van der Waals surface area contributed by atoms with E-state index in [1.807, 2.05) is 12.4 Å². The van der Waals surface area contributed by atoms with Crippen LogP contribution in [0.2, 0.25) is 0 Å². The summed E-state index contributed by atoms with van der Waals surface area (Å²) in [6.45, 7) is 9.05. The van der Waals surface area contributed by atoms with Gasteiger partial charge >= 0.3 is 0 Å². The van der Waals surface area contributed by atoms with Crippen molar-refractivity contribution in [2.45, 2.75) is 51.6 Å². The van der Waals surface area contributed by atoms with Crippen LogP contribution in [0, 0.1) is 0 Å². The number of benzene rings is 1. The lowest BCUT2D eigenvalue weighted by molar-refractivity contribution is 0.366. The Hall–Kier alpha value is -1.61. The number of rotatable bonds is 6. The van der Waals surface area contributed by atoms with Crippen LogP contribution >= 0.6 is 0 Å². The predicted molar refractivity (Wildman–Crippen MR) is 83.7 cm³/mol. The number of hydrogen-bond donors (Lipinski definition) is 2. The van der Waals surface area contributed by atoms with Gasteiger partial charge < -0.3 is 5.32 Å². The van der Waals surface area contributed by atoms with Crippen molar-refractivity contribution < 1.29 is 0 Å². The van der Waals surface area contributed by atoms with E-state index in [4.69, 9.17) is 0 Å². The highest BCUT2D eigenvalue weighted by Crippen LogP contribution is 2.28. The van der Waals surface area contributed by atoms with Crippen LogP contribution in [0.25, 0.3) is 0 Å². The van der Waals surface area contributed by atoms with E-state index in [0.717, 1.165) is 6.42 Å². The smallest absolute Gasteiger partial charge is 0.0534 e. The fourth-order valence-corrected chi connectivity index (χ4v) is 2.85. The molecule has 0 saturated carbocycles. The molecule has 20 heavy (non-hydrogen) atoms. The lowest BCUT2D eigenvalue weighted by atomic mass is 9.79. The number of H-pyrrole nitrogens is 1. The van der Waals surface area contributed by atoms with Crippen molar-refractivity contribution >= 4 is 0 Å². The predicted octanol–water partition coefficient (Wildman–Crippen LogP) is 3.82. The highest BCUT2D eigenvalue weighted by atomic mass is 15.1. The molecule has 108 valence electrons. The van der Waals surface area contributed by atoms with E-state index in [0.29, 0.717) is 12.1 Å². The largest absolute Gasteiger partial charge is 0.308 e. The molecule has 2 unspecified atom stereocenters. The van der Waals surface area contributed by atoms with E-state index in [9.17, 15) is 0 Å². The van der Waals surface area contributed by atoms with E-state index in [1.165, 1.54) is 11.1 Å². The van der Waals surface area contributed by atoms with Gasteiger partial charge in [-0.3, -0.25) is 5.10 Å². The molecule has 0 aliphatic carbocycles. The molecule has 0 saturated heterocycles. The summed E-state index contributed by atoms with van der Waals surface area (Å²) in [4.78, 5) is 0. The van der Waals surface area contributed by atoms with Crippen molar-refractivity contribution in [2.24, 2.45) is 0 Å². The third-order valence-electron chi connectivity index (χ3n) is 3.93. The van der Waals surface area contributed by atoms with Crippen LogP contribution in [0.15, 0.2) is 42.7 Å². The van der Waals surface area contributed by atoms with Gasteiger partial charge in [0.2, 0.25) is 0 Å². The van der Waals surface area contributed by atoms with Crippen molar-refractivity contribution in [3.63, 3.8) is 0 Å². The molecule has 0 amide bonds. The van der Waals surface area contributed by atoms with Crippen molar-refractivity contribution in [3.05, 3.63) is 53.9 Å². The van der Waals surface area contributed by atoms with Gasteiger partial charge in [-0.25, -0.2) is 0 Å². The molecule has 0 aliphatic rings. The quantitative estimate of drug-likeness (QED) is 0.838. The van der Waals surface area contributed by atoms with Crippen LogP contribution < -0.4 is 5.32 Å². The van der Waals surface area contributed by atoms with E-state index < -0.39 is 0 Å². The Kier molecular flexibility index (Phi) is 4.61. The van der Waals surface area contributed by atoms with E-state index in [1.54, 1.807) is 0 Å². The standard InChI is InChI=1S/C17H25N3/c1-13(20-14(2)15-11-18-19-12-15)10-17(3,4)16-8-6-5-7-9-16/h5-9,11-14,20H,10H2,1-4H3,(H,18,19). The molecular weight excluding hydrogens is 246 g/mol. The molecule has 3 nitrogen and oxygen atoms in total. The van der Waals surface area contributed by atoms with Gasteiger partial charge in [-0.2, -0.15) is 5.10 Å². The van der Waals surface area contributed by atoms with Gasteiger partial charge in [0, 0.05) is 23.8 Å². The third-order valence-corrected chi connectivity index (χ3v) is 3.93. The Morgan fingerprint density at radius 1 is 1.20 bits per heavy atom. The summed E-state index contributed by atoms with van der Waals surface area (Å²) in [5.74, 6) is 0. The number of nitrogens with zero attached hydrogens (tertiary/aromatic N) is 1. The minimum Gasteiger partial charge on any atom is -0.308 e. The second kappa shape index (κ2) is 6.23. The SMILES string of the molecule is CC(CC(C)(C)c1ccccc1)NC(C)c1cn[nH]c1. The number of hydrogen-bond acceptors (Lipinski definition) is 2. The molecule has 0 bridgehead atoms. The molecule has 2 rings (SSSR count). The zero-order valence-corrected chi connectivity index (χ0v) is 12.9. The van der Waals surface area contributed by atoms with E-state index >= 15 is 0 Å². The maximum absolute atomic E-state index is 4.01. The molecule has 1 aromatic heterocycles. The van der Waals surface area contributed by atoms with Gasteiger partial charge in [-0.15, -0.1) is 0 Å². The third kappa shape index (κ3) is 3.70. The Labute approximate surface area is 121 Å². The van der Waals surface area contributed by atoms with Crippen molar-refractivity contribution in [3.8, 4) is 0 Å². The number of aromatic nitrogens is 2. The zero-order valence-electron chi connectivity index (χ0n) is 12.9. The summed E-state index contributed by atoms with van der Waals surface area (Å²) >= 11 is 0. The van der Waals surface area contributed by atoms with E-state index in [2.05, 4.69) is 73.5 Å². The molecule has 3 heteroatoms. The van der Waals surface area contributed by atoms with Crippen molar-refractivity contribution in [1.29, 1.82) is 0 Å². The molecule has 0 fully saturated rings. The van der Waals surface area contributed by atoms with Gasteiger partial charge in [-0.05, 0) is 31.2 Å². The van der Waals surface area contributed by atoms with Gasteiger partial charge in [-0.1, -0.05) is 44.2 Å². The van der Waals surface area contributed by atoms with Gasteiger partial charge in [0.15, 0.2) is 0 Å². The van der Waals surface area contributed by atoms with Crippen LogP contribution in [0.1, 0.15) is 51.3 Å². The molecular formula is C17H25N3. The molecule has 0 spiro atoms. The Morgan fingerprint density at radius 2 is 1.90 bits per heavy atom. The summed E-state index contributed by atoms with van der Waals surface area (Å²) < 4.78 is 0. The second-order valence-corrected chi connectivity index (χ2v) is 6.28. The topological polar surface area (TPSA) is 40.7 Å². The molecule has 1 heterocycles. The van der Waals surface area contributed by atoms with Gasteiger partial charge in [0.25, 0.3) is 0 Å². The first-order chi connectivity index (χ1) is 9.49.